The van der Waals surface area contributed by atoms with Crippen molar-refractivity contribution in [3.8, 4) is 10.6 Å². The first-order valence-electron chi connectivity index (χ1n) is 9.16. The van der Waals surface area contributed by atoms with E-state index in [1.54, 1.807) is 17.4 Å². The molecule has 1 unspecified atom stereocenters. The van der Waals surface area contributed by atoms with Crippen LogP contribution in [0.2, 0.25) is 0 Å². The zero-order chi connectivity index (χ0) is 18.7. The second-order valence-electron chi connectivity index (χ2n) is 7.40. The number of nitrogens with one attached hydrogen (secondary N) is 1. The monoisotopic (exact) mass is 381 g/mol. The van der Waals surface area contributed by atoms with Gasteiger partial charge in [0.1, 0.15) is 11.2 Å². The number of pyridine rings is 2. The zero-order valence-electron chi connectivity index (χ0n) is 14.9. The van der Waals surface area contributed by atoms with E-state index in [2.05, 4.69) is 18.3 Å². The Morgan fingerprint density at radius 2 is 2.19 bits per heavy atom. The summed E-state index contributed by atoms with van der Waals surface area (Å²) in [5, 5.41) is 13.2. The summed E-state index contributed by atoms with van der Waals surface area (Å²) in [6.07, 6.45) is 3.44. The summed E-state index contributed by atoms with van der Waals surface area (Å²) in [6.45, 7) is 4.08. The van der Waals surface area contributed by atoms with Gasteiger partial charge >= 0.3 is 5.97 Å². The second-order valence-corrected chi connectivity index (χ2v) is 8.54. The van der Waals surface area contributed by atoms with Crippen molar-refractivity contribution >= 4 is 28.3 Å². The van der Waals surface area contributed by atoms with Gasteiger partial charge in [-0.1, -0.05) is 6.92 Å². The Kier molecular flexibility index (Phi) is 3.70. The number of aromatic carboxylic acids is 1. The van der Waals surface area contributed by atoms with Gasteiger partial charge in [0.05, 0.1) is 16.0 Å². The highest BCUT2D eigenvalue weighted by atomic mass is 32.1. The molecule has 0 bridgehead atoms. The van der Waals surface area contributed by atoms with Gasteiger partial charge in [-0.15, -0.1) is 11.3 Å². The maximum atomic E-state index is 12.6. The number of carbonyl (C=O) groups is 1. The van der Waals surface area contributed by atoms with Crippen LogP contribution in [0.3, 0.4) is 0 Å². The van der Waals surface area contributed by atoms with Gasteiger partial charge in [0.25, 0.3) is 0 Å². The third kappa shape index (κ3) is 2.69. The van der Waals surface area contributed by atoms with E-state index in [9.17, 15) is 14.7 Å². The minimum Gasteiger partial charge on any atom is -0.477 e. The van der Waals surface area contributed by atoms with Crippen LogP contribution in [0.4, 0.5) is 0 Å². The van der Waals surface area contributed by atoms with Crippen molar-refractivity contribution in [2.24, 2.45) is 0 Å². The molecule has 1 saturated carbocycles. The summed E-state index contributed by atoms with van der Waals surface area (Å²) in [4.78, 5) is 31.3. The molecular formula is C20H19N3O3S. The lowest BCUT2D eigenvalue weighted by Crippen LogP contribution is -2.24. The van der Waals surface area contributed by atoms with Crippen LogP contribution in [-0.4, -0.2) is 27.2 Å². The number of hydrogen-bond donors (Lipinski definition) is 2. The maximum absolute atomic E-state index is 12.6. The van der Waals surface area contributed by atoms with E-state index in [4.69, 9.17) is 4.98 Å². The van der Waals surface area contributed by atoms with E-state index < -0.39 is 11.4 Å². The molecule has 2 N–H and O–H groups in total. The predicted octanol–water partition coefficient (Wildman–Crippen LogP) is 3.36. The summed E-state index contributed by atoms with van der Waals surface area (Å²) in [5.74, 6) is -0.713. The highest BCUT2D eigenvalue weighted by Crippen LogP contribution is 2.39. The Hall–Kier alpha value is -2.51. The summed E-state index contributed by atoms with van der Waals surface area (Å²) >= 11 is 1.74. The van der Waals surface area contributed by atoms with Crippen molar-refractivity contribution in [1.29, 1.82) is 0 Å². The molecule has 1 aliphatic carbocycles. The molecule has 0 saturated heterocycles. The van der Waals surface area contributed by atoms with Crippen LogP contribution in [0.1, 0.15) is 52.5 Å². The van der Waals surface area contributed by atoms with Gasteiger partial charge in [-0.2, -0.15) is 0 Å². The molecule has 0 spiro atoms. The molecule has 4 heterocycles. The molecule has 5 rings (SSSR count). The summed E-state index contributed by atoms with van der Waals surface area (Å²) in [7, 11) is 0. The highest BCUT2D eigenvalue weighted by molar-refractivity contribution is 7.15. The topological polar surface area (TPSA) is 84.2 Å². The van der Waals surface area contributed by atoms with E-state index in [1.807, 2.05) is 10.6 Å². The number of rotatable bonds is 3. The molecule has 1 aliphatic heterocycles. The molecule has 0 aromatic carbocycles. The van der Waals surface area contributed by atoms with Crippen LogP contribution in [0.25, 0.3) is 21.6 Å². The Morgan fingerprint density at radius 1 is 1.37 bits per heavy atom. The lowest BCUT2D eigenvalue weighted by atomic mass is 9.98. The Labute approximate surface area is 159 Å². The Morgan fingerprint density at radius 3 is 2.89 bits per heavy atom. The molecule has 1 fully saturated rings. The summed E-state index contributed by atoms with van der Waals surface area (Å²) in [6, 6.07) is 6.01. The average molecular weight is 381 g/mol. The predicted molar refractivity (Wildman–Crippen MR) is 105 cm³/mol. The van der Waals surface area contributed by atoms with Crippen molar-refractivity contribution in [2.75, 3.05) is 6.54 Å². The number of thiophene rings is 1. The van der Waals surface area contributed by atoms with E-state index in [1.165, 1.54) is 16.6 Å². The van der Waals surface area contributed by atoms with Gasteiger partial charge < -0.3 is 15.0 Å². The standard InChI is InChI=1S/C20H19N3O3S/c1-10-7-21-8-17-13(10)6-16(27-17)15-5-4-12-18(24)14(20(25)26)9-23(11-2-3-11)19(12)22-15/h4-6,9-11,21H,2-3,7-8H2,1H3,(H,25,26). The first-order chi connectivity index (χ1) is 13.0. The number of aromatic nitrogens is 2. The molecule has 3 aromatic rings. The minimum atomic E-state index is -1.19. The normalized spacial score (nSPS) is 19.2. The number of fused-ring (bicyclic) bond motifs is 2. The van der Waals surface area contributed by atoms with Crippen LogP contribution in [0, 0.1) is 0 Å². The molecule has 6 nitrogen and oxygen atoms in total. The van der Waals surface area contributed by atoms with Gasteiger partial charge in [0, 0.05) is 30.2 Å². The molecule has 0 radical (unpaired) electrons. The summed E-state index contributed by atoms with van der Waals surface area (Å²) in [5.41, 5.74) is 2.15. The van der Waals surface area contributed by atoms with Gasteiger partial charge in [-0.3, -0.25) is 4.79 Å². The van der Waals surface area contributed by atoms with Gasteiger partial charge in [0.15, 0.2) is 0 Å². The molecule has 7 heteroatoms. The molecule has 3 aromatic heterocycles. The minimum absolute atomic E-state index is 0.185. The van der Waals surface area contributed by atoms with Crippen LogP contribution in [-0.2, 0) is 6.54 Å². The third-order valence-electron chi connectivity index (χ3n) is 5.41. The second kappa shape index (κ2) is 6.00. The first kappa shape index (κ1) is 16.6. The smallest absolute Gasteiger partial charge is 0.341 e. The molecule has 138 valence electrons. The summed E-state index contributed by atoms with van der Waals surface area (Å²) < 4.78 is 1.88. The molecule has 2 aliphatic rings. The SMILES string of the molecule is CC1CNCc2sc(-c3ccc4c(=O)c(C(=O)O)cn(C5CC5)c4n3)cc21. The highest BCUT2D eigenvalue weighted by Gasteiger charge is 2.28. The van der Waals surface area contributed by atoms with Gasteiger partial charge in [0.2, 0.25) is 5.43 Å². The van der Waals surface area contributed by atoms with Crippen molar-refractivity contribution in [2.45, 2.75) is 38.3 Å². The van der Waals surface area contributed by atoms with Crippen molar-refractivity contribution < 1.29 is 9.90 Å². The van der Waals surface area contributed by atoms with E-state index in [0.717, 1.165) is 36.5 Å². The maximum Gasteiger partial charge on any atom is 0.341 e. The fourth-order valence-corrected chi connectivity index (χ4v) is 5.01. The van der Waals surface area contributed by atoms with E-state index in [0.29, 0.717) is 17.0 Å². The Bertz CT molecular complexity index is 1140. The van der Waals surface area contributed by atoms with Crippen molar-refractivity contribution in [3.63, 3.8) is 0 Å². The lowest BCUT2D eigenvalue weighted by Gasteiger charge is -2.19. The zero-order valence-corrected chi connectivity index (χ0v) is 15.7. The van der Waals surface area contributed by atoms with Crippen LogP contribution in [0.15, 0.2) is 29.2 Å². The van der Waals surface area contributed by atoms with Gasteiger partial charge in [-0.05, 0) is 42.5 Å². The number of carboxylic acid groups (broad SMARTS) is 1. The lowest BCUT2D eigenvalue weighted by molar-refractivity contribution is 0.0695. The van der Waals surface area contributed by atoms with Crippen LogP contribution < -0.4 is 10.7 Å². The largest absolute Gasteiger partial charge is 0.477 e. The quantitative estimate of drug-likeness (QED) is 0.727. The van der Waals surface area contributed by atoms with Crippen LogP contribution in [0.5, 0.6) is 0 Å². The van der Waals surface area contributed by atoms with Gasteiger partial charge in [-0.25, -0.2) is 9.78 Å². The van der Waals surface area contributed by atoms with Crippen LogP contribution >= 0.6 is 11.3 Å². The Balaban J connectivity index is 1.70. The van der Waals surface area contributed by atoms with E-state index in [-0.39, 0.29) is 11.6 Å². The number of carboxylic acids is 1. The molecule has 27 heavy (non-hydrogen) atoms. The average Bonchev–Trinajstić information content (AvgIpc) is 3.39. The molecular weight excluding hydrogens is 362 g/mol. The van der Waals surface area contributed by atoms with Crippen molar-refractivity contribution in [3.05, 3.63) is 50.6 Å². The molecule has 0 amide bonds. The van der Waals surface area contributed by atoms with Crippen molar-refractivity contribution in [1.82, 2.24) is 14.9 Å². The molecule has 1 atom stereocenters. The third-order valence-corrected chi connectivity index (χ3v) is 6.58. The van der Waals surface area contributed by atoms with E-state index >= 15 is 0 Å². The fraction of sp³-hybridized carbons (Fsp3) is 0.350. The fourth-order valence-electron chi connectivity index (χ4n) is 3.78. The first-order valence-corrected chi connectivity index (χ1v) is 9.97. The number of hydrogen-bond acceptors (Lipinski definition) is 5. The number of nitrogens with zero attached hydrogens (tertiary/aromatic N) is 2.